The average molecular weight is 300 g/mol. The van der Waals surface area contributed by atoms with E-state index in [2.05, 4.69) is 69.2 Å². The minimum Gasteiger partial charge on any atom is -0.389 e. The van der Waals surface area contributed by atoms with Crippen LogP contribution in [0.3, 0.4) is 0 Å². The Balaban J connectivity index is 2.22. The van der Waals surface area contributed by atoms with Crippen molar-refractivity contribution in [2.45, 2.75) is 59.1 Å². The predicted octanol–water partition coefficient (Wildman–Crippen LogP) is 4.01. The van der Waals surface area contributed by atoms with Crippen LogP contribution in [0.15, 0.2) is 18.2 Å². The molecular weight excluding hydrogens is 272 g/mol. The molecule has 2 aromatic rings. The van der Waals surface area contributed by atoms with Gasteiger partial charge < -0.3 is 14.6 Å². The van der Waals surface area contributed by atoms with E-state index in [1.54, 1.807) is 0 Å². The summed E-state index contributed by atoms with van der Waals surface area (Å²) in [5.74, 6) is 0.516. The molecule has 1 aliphatic rings. The number of benzene rings is 1. The molecule has 0 radical (unpaired) electrons. The van der Waals surface area contributed by atoms with Gasteiger partial charge in [-0.05, 0) is 51.3 Å². The lowest BCUT2D eigenvalue weighted by Crippen LogP contribution is -2.50. The first-order valence-corrected chi connectivity index (χ1v) is 8.28. The fraction of sp³-hybridized carbons (Fsp3) is 0.579. The van der Waals surface area contributed by atoms with Gasteiger partial charge >= 0.3 is 0 Å². The molecule has 1 aliphatic heterocycles. The smallest absolute Gasteiger partial charge is 0.0889 e. The molecule has 0 bridgehead atoms. The lowest BCUT2D eigenvalue weighted by molar-refractivity contribution is 0.142. The molecule has 1 fully saturated rings. The van der Waals surface area contributed by atoms with E-state index in [1.165, 1.54) is 27.8 Å². The van der Waals surface area contributed by atoms with E-state index in [0.29, 0.717) is 5.92 Å². The molecule has 2 heterocycles. The van der Waals surface area contributed by atoms with E-state index in [-0.39, 0.29) is 11.6 Å². The maximum absolute atomic E-state index is 9.55. The fourth-order valence-electron chi connectivity index (χ4n) is 3.88. The number of β-amino-alcohol motifs (C(OH)–C–C–N with tert-alkyl or cyclic N) is 1. The maximum atomic E-state index is 9.55. The molecule has 0 aliphatic carbocycles. The van der Waals surface area contributed by atoms with Gasteiger partial charge in [0.15, 0.2) is 0 Å². The van der Waals surface area contributed by atoms with Gasteiger partial charge in [-0.1, -0.05) is 19.9 Å². The molecule has 1 saturated heterocycles. The first kappa shape index (κ1) is 15.4. The number of anilines is 1. The molecule has 0 saturated carbocycles. The highest BCUT2D eigenvalue weighted by Crippen LogP contribution is 2.37. The number of aromatic nitrogens is 1. The minimum atomic E-state index is -0.168. The van der Waals surface area contributed by atoms with Crippen LogP contribution >= 0.6 is 0 Å². The third-order valence-corrected chi connectivity index (χ3v) is 4.71. The fourth-order valence-corrected chi connectivity index (χ4v) is 3.88. The number of aliphatic hydroxyl groups is 1. The summed E-state index contributed by atoms with van der Waals surface area (Å²) >= 11 is 0. The number of hydrogen-bond donors (Lipinski definition) is 1. The zero-order chi connectivity index (χ0) is 16.2. The predicted molar refractivity (Wildman–Crippen MR) is 94.0 cm³/mol. The van der Waals surface area contributed by atoms with Crippen molar-refractivity contribution < 1.29 is 5.11 Å². The summed E-state index contributed by atoms with van der Waals surface area (Å²) in [6.07, 6.45) is -0.168. The van der Waals surface area contributed by atoms with Crippen molar-refractivity contribution in [1.29, 1.82) is 0 Å². The molecule has 3 rings (SSSR count). The van der Waals surface area contributed by atoms with Crippen LogP contribution in [0.5, 0.6) is 0 Å². The van der Waals surface area contributed by atoms with Crippen LogP contribution in [0.4, 0.5) is 5.69 Å². The molecule has 22 heavy (non-hydrogen) atoms. The SMILES string of the molecule is Cc1c(C(C)C)c2ccc(N3CC(O)C3)cc2n1C(C)(C)C. The zero-order valence-electron chi connectivity index (χ0n) is 14.6. The third kappa shape index (κ3) is 2.32. The Hall–Kier alpha value is -1.48. The lowest BCUT2D eigenvalue weighted by Gasteiger charge is -2.38. The second kappa shape index (κ2) is 5.02. The van der Waals surface area contributed by atoms with Gasteiger partial charge in [0.25, 0.3) is 0 Å². The van der Waals surface area contributed by atoms with E-state index >= 15 is 0 Å². The summed E-state index contributed by atoms with van der Waals surface area (Å²) in [4.78, 5) is 2.24. The quantitative estimate of drug-likeness (QED) is 0.907. The molecule has 0 unspecified atom stereocenters. The summed E-state index contributed by atoms with van der Waals surface area (Å²) in [6, 6.07) is 6.76. The Morgan fingerprint density at radius 2 is 1.82 bits per heavy atom. The van der Waals surface area contributed by atoms with E-state index in [4.69, 9.17) is 0 Å². The van der Waals surface area contributed by atoms with Gasteiger partial charge in [0.2, 0.25) is 0 Å². The number of rotatable bonds is 2. The Labute approximate surface area is 133 Å². The summed E-state index contributed by atoms with van der Waals surface area (Å²) < 4.78 is 2.47. The van der Waals surface area contributed by atoms with Crippen LogP contribution in [-0.4, -0.2) is 28.9 Å². The zero-order valence-corrected chi connectivity index (χ0v) is 14.6. The first-order valence-electron chi connectivity index (χ1n) is 8.28. The molecule has 1 aromatic heterocycles. The monoisotopic (exact) mass is 300 g/mol. The molecule has 0 amide bonds. The highest BCUT2D eigenvalue weighted by Gasteiger charge is 2.27. The molecule has 1 N–H and O–H groups in total. The van der Waals surface area contributed by atoms with Crippen LogP contribution in [0.2, 0.25) is 0 Å². The summed E-state index contributed by atoms with van der Waals surface area (Å²) in [5, 5.41) is 10.9. The van der Waals surface area contributed by atoms with Crippen molar-refractivity contribution in [2.75, 3.05) is 18.0 Å². The highest BCUT2D eigenvalue weighted by molar-refractivity contribution is 5.89. The van der Waals surface area contributed by atoms with Crippen molar-refractivity contribution in [3.8, 4) is 0 Å². The van der Waals surface area contributed by atoms with Crippen molar-refractivity contribution in [3.05, 3.63) is 29.5 Å². The van der Waals surface area contributed by atoms with Gasteiger partial charge in [-0.25, -0.2) is 0 Å². The van der Waals surface area contributed by atoms with Crippen molar-refractivity contribution >= 4 is 16.6 Å². The Bertz CT molecular complexity index is 700. The van der Waals surface area contributed by atoms with Gasteiger partial charge in [-0.2, -0.15) is 0 Å². The second-order valence-electron chi connectivity index (χ2n) is 7.92. The van der Waals surface area contributed by atoms with Gasteiger partial charge in [0, 0.05) is 35.4 Å². The summed E-state index contributed by atoms with van der Waals surface area (Å²) in [7, 11) is 0. The first-order chi connectivity index (χ1) is 10.2. The van der Waals surface area contributed by atoms with Crippen LogP contribution < -0.4 is 4.90 Å². The summed E-state index contributed by atoms with van der Waals surface area (Å²) in [6.45, 7) is 15.1. The highest BCUT2D eigenvalue weighted by atomic mass is 16.3. The number of aliphatic hydroxyl groups excluding tert-OH is 1. The van der Waals surface area contributed by atoms with Crippen molar-refractivity contribution in [3.63, 3.8) is 0 Å². The van der Waals surface area contributed by atoms with Crippen molar-refractivity contribution in [1.82, 2.24) is 4.57 Å². The lowest BCUT2D eigenvalue weighted by atomic mass is 9.99. The van der Waals surface area contributed by atoms with Gasteiger partial charge in [0.1, 0.15) is 0 Å². The standard InChI is InChI=1S/C19H28N2O/c1-12(2)18-13(3)21(19(4,5)6)17-9-14(7-8-16(17)18)20-10-15(22)11-20/h7-9,12,15,22H,10-11H2,1-6H3. The van der Waals surface area contributed by atoms with Crippen LogP contribution in [0, 0.1) is 6.92 Å². The van der Waals surface area contributed by atoms with Gasteiger partial charge in [-0.3, -0.25) is 0 Å². The number of hydrogen-bond acceptors (Lipinski definition) is 2. The van der Waals surface area contributed by atoms with Crippen LogP contribution in [0.1, 0.15) is 51.8 Å². The molecule has 3 heteroatoms. The number of fused-ring (bicyclic) bond motifs is 1. The molecule has 3 nitrogen and oxygen atoms in total. The number of nitrogens with zero attached hydrogens (tertiary/aromatic N) is 2. The Morgan fingerprint density at radius 3 is 2.32 bits per heavy atom. The maximum Gasteiger partial charge on any atom is 0.0889 e. The average Bonchev–Trinajstić information content (AvgIpc) is 2.65. The second-order valence-corrected chi connectivity index (χ2v) is 7.92. The minimum absolute atomic E-state index is 0.0581. The van der Waals surface area contributed by atoms with E-state index < -0.39 is 0 Å². The molecule has 1 aromatic carbocycles. The summed E-state index contributed by atoms with van der Waals surface area (Å²) in [5.41, 5.74) is 5.42. The largest absolute Gasteiger partial charge is 0.389 e. The molecule has 120 valence electrons. The van der Waals surface area contributed by atoms with Crippen LogP contribution in [-0.2, 0) is 5.54 Å². The Morgan fingerprint density at radius 1 is 1.18 bits per heavy atom. The normalized spacial score (nSPS) is 16.6. The van der Waals surface area contributed by atoms with E-state index in [9.17, 15) is 5.11 Å². The van der Waals surface area contributed by atoms with E-state index in [0.717, 1.165) is 13.1 Å². The molecular formula is C19H28N2O. The van der Waals surface area contributed by atoms with Crippen LogP contribution in [0.25, 0.3) is 10.9 Å². The third-order valence-electron chi connectivity index (χ3n) is 4.71. The van der Waals surface area contributed by atoms with Gasteiger partial charge in [0.05, 0.1) is 11.6 Å². The molecule has 0 spiro atoms. The van der Waals surface area contributed by atoms with E-state index in [1.807, 2.05) is 0 Å². The Kier molecular flexibility index (Phi) is 3.52. The topological polar surface area (TPSA) is 28.4 Å². The van der Waals surface area contributed by atoms with Gasteiger partial charge in [-0.15, -0.1) is 0 Å². The van der Waals surface area contributed by atoms with Crippen molar-refractivity contribution in [2.24, 2.45) is 0 Å². The molecule has 0 atom stereocenters.